The molecule has 0 saturated heterocycles. The molecule has 1 aromatic heterocycles. The minimum absolute atomic E-state index is 0.354. The van der Waals surface area contributed by atoms with E-state index in [-0.39, 0.29) is 5.82 Å². The van der Waals surface area contributed by atoms with Gasteiger partial charge in [0.25, 0.3) is 0 Å². The Morgan fingerprint density at radius 3 is 2.93 bits per heavy atom. The molecule has 0 spiro atoms. The summed E-state index contributed by atoms with van der Waals surface area (Å²) in [5, 5.41) is 10.7. The molecule has 1 aliphatic heterocycles. The molecule has 3 rings (SSSR count). The van der Waals surface area contributed by atoms with Crippen LogP contribution in [0.2, 0.25) is 5.02 Å². The lowest BCUT2D eigenvalue weighted by molar-refractivity contribution is 0.601. The van der Waals surface area contributed by atoms with E-state index in [0.717, 1.165) is 23.4 Å². The first-order valence-electron chi connectivity index (χ1n) is 9.28. The second kappa shape index (κ2) is 9.80. The van der Waals surface area contributed by atoms with E-state index in [1.165, 1.54) is 18.0 Å². The third-order valence-corrected chi connectivity index (χ3v) is 5.50. The molecule has 0 saturated carbocycles. The van der Waals surface area contributed by atoms with Crippen molar-refractivity contribution in [2.24, 2.45) is 12.1 Å². The average Bonchev–Trinajstić information content (AvgIpc) is 3.34. The van der Waals surface area contributed by atoms with Gasteiger partial charge >= 0.3 is 0 Å². The summed E-state index contributed by atoms with van der Waals surface area (Å²) in [6, 6.07) is 5.02. The van der Waals surface area contributed by atoms with Crippen LogP contribution in [0.5, 0.6) is 0 Å². The molecule has 0 aliphatic carbocycles. The van der Waals surface area contributed by atoms with Crippen LogP contribution in [-0.4, -0.2) is 16.0 Å². The molecule has 0 radical (unpaired) electrons. The minimum atomic E-state index is -0.354. The van der Waals surface area contributed by atoms with Gasteiger partial charge in [-0.05, 0) is 49.1 Å². The number of nitrogens with one attached hydrogen (secondary N) is 1. The van der Waals surface area contributed by atoms with Crippen molar-refractivity contribution < 1.29 is 4.39 Å². The summed E-state index contributed by atoms with van der Waals surface area (Å²) in [7, 11) is 1.92. The van der Waals surface area contributed by atoms with Crippen molar-refractivity contribution >= 4 is 41.0 Å². The van der Waals surface area contributed by atoms with Crippen LogP contribution in [0.1, 0.15) is 32.4 Å². The first kappa shape index (κ1) is 21.2. The van der Waals surface area contributed by atoms with Gasteiger partial charge in [-0.2, -0.15) is 10.2 Å². The summed E-state index contributed by atoms with van der Waals surface area (Å²) in [6.45, 7) is 3.98. The van der Waals surface area contributed by atoms with E-state index < -0.39 is 0 Å². The fourth-order valence-corrected chi connectivity index (χ4v) is 3.90. The lowest BCUT2D eigenvalue weighted by atomic mass is 10.1. The van der Waals surface area contributed by atoms with Crippen molar-refractivity contribution in [1.29, 1.82) is 0 Å². The fourth-order valence-electron chi connectivity index (χ4n) is 2.93. The zero-order chi connectivity index (χ0) is 20.8. The minimum Gasteiger partial charge on any atom is -0.333 e. The van der Waals surface area contributed by atoms with Crippen molar-refractivity contribution in [3.8, 4) is 0 Å². The van der Waals surface area contributed by atoms with E-state index in [2.05, 4.69) is 27.9 Å². The SMILES string of the molecule is C/C=C/NSc1cc(Cl)c(N2N=CC/C2=C\C=C(/CC)c2ccnn2C)cc1F. The molecule has 1 aliphatic rings. The van der Waals surface area contributed by atoms with Crippen LogP contribution >= 0.6 is 23.5 Å². The summed E-state index contributed by atoms with van der Waals surface area (Å²) in [5.74, 6) is -0.354. The van der Waals surface area contributed by atoms with Gasteiger partial charge in [0.1, 0.15) is 5.82 Å². The number of hydrogen-bond donors (Lipinski definition) is 1. The lowest BCUT2D eigenvalue weighted by Crippen LogP contribution is -2.11. The zero-order valence-corrected chi connectivity index (χ0v) is 18.1. The smallest absolute Gasteiger partial charge is 0.140 e. The maximum absolute atomic E-state index is 14.6. The summed E-state index contributed by atoms with van der Waals surface area (Å²) < 4.78 is 19.4. The number of halogens is 2. The Morgan fingerprint density at radius 2 is 2.24 bits per heavy atom. The van der Waals surface area contributed by atoms with Crippen LogP contribution < -0.4 is 9.73 Å². The van der Waals surface area contributed by atoms with E-state index in [9.17, 15) is 4.39 Å². The van der Waals surface area contributed by atoms with Gasteiger partial charge in [0, 0.05) is 43.8 Å². The first-order valence-corrected chi connectivity index (χ1v) is 10.5. The molecule has 0 fully saturated rings. The molecule has 0 atom stereocenters. The van der Waals surface area contributed by atoms with Crippen LogP contribution in [-0.2, 0) is 7.05 Å². The molecule has 8 heteroatoms. The van der Waals surface area contributed by atoms with Crippen LogP contribution in [0.15, 0.2) is 64.5 Å². The molecular formula is C21H23ClFN5S. The van der Waals surface area contributed by atoms with Crippen LogP contribution in [0.4, 0.5) is 10.1 Å². The second-order valence-corrected chi connectivity index (χ2v) is 7.60. The number of anilines is 1. The fraction of sp³-hybridized carbons (Fsp3) is 0.238. The van der Waals surface area contributed by atoms with E-state index in [0.29, 0.717) is 22.0 Å². The standard InChI is InChI=1S/C21H23ClFN5S/c1-4-10-26-29-21-13-17(22)20(14-18(21)23)28-16(8-11-25-28)7-6-15(5-2)19-9-12-24-27(19)3/h4,6-7,9-14,26H,5,8H2,1-3H3/b10-4+,15-6+,16-7+. The molecule has 2 aromatic rings. The largest absolute Gasteiger partial charge is 0.333 e. The predicted molar refractivity (Wildman–Crippen MR) is 120 cm³/mol. The summed E-state index contributed by atoms with van der Waals surface area (Å²) >= 11 is 7.63. The van der Waals surface area contributed by atoms with E-state index in [1.807, 2.05) is 36.9 Å². The van der Waals surface area contributed by atoms with Gasteiger partial charge in [0.15, 0.2) is 0 Å². The monoisotopic (exact) mass is 431 g/mol. The highest BCUT2D eigenvalue weighted by molar-refractivity contribution is 7.97. The third-order valence-electron chi connectivity index (χ3n) is 4.41. The Labute approximate surface area is 179 Å². The van der Waals surface area contributed by atoms with E-state index >= 15 is 0 Å². The van der Waals surface area contributed by atoms with Crippen LogP contribution in [0, 0.1) is 5.82 Å². The Morgan fingerprint density at radius 1 is 1.41 bits per heavy atom. The molecule has 0 bridgehead atoms. The number of hydrazone groups is 1. The van der Waals surface area contributed by atoms with Crippen molar-refractivity contribution in [2.75, 3.05) is 5.01 Å². The molecule has 29 heavy (non-hydrogen) atoms. The Bertz CT molecular complexity index is 993. The van der Waals surface area contributed by atoms with Gasteiger partial charge in [0.05, 0.1) is 21.3 Å². The average molecular weight is 432 g/mol. The topological polar surface area (TPSA) is 45.4 Å². The summed E-state index contributed by atoms with van der Waals surface area (Å²) in [6.07, 6.45) is 12.7. The molecule has 152 valence electrons. The van der Waals surface area contributed by atoms with Crippen molar-refractivity contribution in [1.82, 2.24) is 14.5 Å². The van der Waals surface area contributed by atoms with Gasteiger partial charge in [-0.1, -0.05) is 30.7 Å². The highest BCUT2D eigenvalue weighted by atomic mass is 35.5. The molecule has 1 N–H and O–H groups in total. The Kier molecular flexibility index (Phi) is 7.17. The highest BCUT2D eigenvalue weighted by Crippen LogP contribution is 2.36. The molecule has 0 amide bonds. The maximum Gasteiger partial charge on any atom is 0.140 e. The summed E-state index contributed by atoms with van der Waals surface area (Å²) in [4.78, 5) is 0.426. The van der Waals surface area contributed by atoms with Crippen molar-refractivity contribution in [2.45, 2.75) is 31.6 Å². The van der Waals surface area contributed by atoms with Gasteiger partial charge < -0.3 is 4.72 Å². The van der Waals surface area contributed by atoms with Crippen molar-refractivity contribution in [3.05, 3.63) is 71.1 Å². The molecular weight excluding hydrogens is 409 g/mol. The van der Waals surface area contributed by atoms with Gasteiger partial charge in [-0.15, -0.1) is 0 Å². The summed E-state index contributed by atoms with van der Waals surface area (Å²) in [5.41, 5.74) is 3.66. The number of aryl methyl sites for hydroxylation is 1. The number of rotatable bonds is 7. The number of benzene rings is 1. The van der Waals surface area contributed by atoms with Gasteiger partial charge in [-0.25, -0.2) is 9.40 Å². The second-order valence-electron chi connectivity index (χ2n) is 6.31. The predicted octanol–water partition coefficient (Wildman–Crippen LogP) is 5.92. The molecule has 5 nitrogen and oxygen atoms in total. The third kappa shape index (κ3) is 4.92. The Hall–Kier alpha value is -2.51. The number of aromatic nitrogens is 2. The molecule has 1 aromatic carbocycles. The zero-order valence-electron chi connectivity index (χ0n) is 16.6. The van der Waals surface area contributed by atoms with Gasteiger partial charge in [-0.3, -0.25) is 4.68 Å². The van der Waals surface area contributed by atoms with Crippen molar-refractivity contribution in [3.63, 3.8) is 0 Å². The maximum atomic E-state index is 14.6. The van der Waals surface area contributed by atoms with Gasteiger partial charge in [0.2, 0.25) is 0 Å². The highest BCUT2D eigenvalue weighted by Gasteiger charge is 2.20. The number of nitrogens with zero attached hydrogens (tertiary/aromatic N) is 4. The van der Waals surface area contributed by atoms with E-state index in [1.54, 1.807) is 29.7 Å². The number of allylic oxidation sites excluding steroid dienone is 5. The van der Waals surface area contributed by atoms with Crippen LogP contribution in [0.3, 0.4) is 0 Å². The lowest BCUT2D eigenvalue weighted by Gasteiger charge is -2.19. The number of hydrogen-bond acceptors (Lipinski definition) is 5. The molecule has 2 heterocycles. The van der Waals surface area contributed by atoms with Crippen LogP contribution in [0.25, 0.3) is 5.57 Å². The first-order chi connectivity index (χ1) is 14.0. The quantitative estimate of drug-likeness (QED) is 0.553. The van der Waals surface area contributed by atoms with E-state index in [4.69, 9.17) is 11.6 Å². The Balaban J connectivity index is 1.87. The molecule has 0 unspecified atom stereocenters. The normalized spacial score (nSPS) is 15.8.